The van der Waals surface area contributed by atoms with E-state index in [1.807, 2.05) is 0 Å². The van der Waals surface area contributed by atoms with Crippen LogP contribution in [0.1, 0.15) is 17.3 Å². The van der Waals surface area contributed by atoms with Gasteiger partial charge < -0.3 is 5.73 Å². The maximum atomic E-state index is 10.8. The zero-order valence-corrected chi connectivity index (χ0v) is 8.58. The fraction of sp³-hybridized carbons (Fsp3) is 0.222. The van der Waals surface area contributed by atoms with Crippen LogP contribution in [0, 0.1) is 0 Å². The molecular formula is C9H12ClN2O2+. The molecule has 1 aromatic rings. The number of halogens is 1. The Morgan fingerprint density at radius 2 is 2.14 bits per heavy atom. The first-order chi connectivity index (χ1) is 6.09. The van der Waals surface area contributed by atoms with E-state index in [1.165, 1.54) is 6.92 Å². The van der Waals surface area contributed by atoms with Gasteiger partial charge in [0.15, 0.2) is 18.2 Å². The molecule has 5 heteroatoms. The molecule has 0 spiro atoms. The molecule has 76 valence electrons. The molecular weight excluding hydrogens is 204 g/mol. The molecule has 1 rings (SSSR count). The molecule has 0 saturated carbocycles. The fourth-order valence-corrected chi connectivity index (χ4v) is 1.02. The summed E-state index contributed by atoms with van der Waals surface area (Å²) in [5.74, 6) is -0.454. The van der Waals surface area contributed by atoms with Crippen LogP contribution in [0.15, 0.2) is 24.5 Å². The Morgan fingerprint density at radius 1 is 1.50 bits per heavy atom. The zero-order valence-electron chi connectivity index (χ0n) is 7.77. The summed E-state index contributed by atoms with van der Waals surface area (Å²) in [6, 6.07) is 3.29. The van der Waals surface area contributed by atoms with Gasteiger partial charge in [-0.25, -0.2) is 0 Å². The molecule has 4 nitrogen and oxygen atoms in total. The number of aromatic nitrogens is 1. The van der Waals surface area contributed by atoms with Crippen molar-refractivity contribution in [1.82, 2.24) is 0 Å². The molecule has 0 aliphatic heterocycles. The van der Waals surface area contributed by atoms with Gasteiger partial charge in [0.2, 0.25) is 6.54 Å². The Hall–Kier alpha value is -1.42. The highest BCUT2D eigenvalue weighted by molar-refractivity contribution is 5.92. The highest BCUT2D eigenvalue weighted by atomic mass is 35.5. The Morgan fingerprint density at radius 3 is 2.64 bits per heavy atom. The molecule has 2 N–H and O–H groups in total. The largest absolute Gasteiger partial charge is 0.365 e. The number of pyridine rings is 1. The van der Waals surface area contributed by atoms with Crippen molar-refractivity contribution in [3.63, 3.8) is 0 Å². The molecule has 0 aliphatic carbocycles. The van der Waals surface area contributed by atoms with E-state index in [4.69, 9.17) is 5.73 Å². The van der Waals surface area contributed by atoms with Crippen molar-refractivity contribution in [2.75, 3.05) is 0 Å². The quantitative estimate of drug-likeness (QED) is 0.726. The molecule has 1 aromatic heterocycles. The highest BCUT2D eigenvalue weighted by Gasteiger charge is 2.08. The molecule has 0 saturated heterocycles. The van der Waals surface area contributed by atoms with E-state index in [0.717, 1.165) is 0 Å². The number of primary amides is 1. The number of hydrogen-bond acceptors (Lipinski definition) is 2. The minimum Gasteiger partial charge on any atom is -0.365 e. The molecule has 0 atom stereocenters. The summed E-state index contributed by atoms with van der Waals surface area (Å²) in [5.41, 5.74) is 5.48. The van der Waals surface area contributed by atoms with Crippen molar-refractivity contribution >= 4 is 24.1 Å². The van der Waals surface area contributed by atoms with Crippen molar-refractivity contribution in [3.8, 4) is 0 Å². The number of carbonyl (C=O) groups is 2. The van der Waals surface area contributed by atoms with Crippen molar-refractivity contribution in [2.24, 2.45) is 5.73 Å². The minimum atomic E-state index is -0.488. The van der Waals surface area contributed by atoms with Crippen LogP contribution in [-0.4, -0.2) is 11.7 Å². The third-order valence-corrected chi connectivity index (χ3v) is 1.55. The average molecular weight is 216 g/mol. The van der Waals surface area contributed by atoms with Crippen LogP contribution in [0.2, 0.25) is 0 Å². The van der Waals surface area contributed by atoms with Crippen molar-refractivity contribution in [2.45, 2.75) is 13.5 Å². The number of ketones is 1. The fourth-order valence-electron chi connectivity index (χ4n) is 1.02. The lowest BCUT2D eigenvalue weighted by molar-refractivity contribution is -0.684. The molecule has 1 heterocycles. The first kappa shape index (κ1) is 12.6. The smallest absolute Gasteiger partial charge is 0.254 e. The van der Waals surface area contributed by atoms with E-state index in [0.29, 0.717) is 5.56 Å². The second-order valence-electron chi connectivity index (χ2n) is 2.83. The standard InChI is InChI=1S/C9H10N2O2.ClH/c1-7(12)5-11-4-2-3-8(6-11)9(10)13;/h2-4,6H,5H2,1H3,(H-,10,13);1H/p+1. The van der Waals surface area contributed by atoms with Gasteiger partial charge in [-0.15, -0.1) is 12.4 Å². The number of amides is 1. The molecule has 0 unspecified atom stereocenters. The molecule has 1 amide bonds. The minimum absolute atomic E-state index is 0. The van der Waals surface area contributed by atoms with E-state index in [1.54, 1.807) is 29.1 Å². The van der Waals surface area contributed by atoms with Gasteiger partial charge in [-0.2, -0.15) is 4.57 Å². The number of rotatable bonds is 3. The Labute approximate surface area is 88.1 Å². The predicted octanol–water partition coefficient (Wildman–Crippen LogP) is 0.0838. The second kappa shape index (κ2) is 5.34. The lowest BCUT2D eigenvalue weighted by Crippen LogP contribution is -2.37. The van der Waals surface area contributed by atoms with Gasteiger partial charge >= 0.3 is 0 Å². The summed E-state index contributed by atoms with van der Waals surface area (Å²) >= 11 is 0. The van der Waals surface area contributed by atoms with Crippen molar-refractivity contribution in [3.05, 3.63) is 30.1 Å². The first-order valence-corrected chi connectivity index (χ1v) is 3.88. The molecule has 0 fully saturated rings. The van der Waals surface area contributed by atoms with Gasteiger partial charge in [0.1, 0.15) is 5.56 Å². The lowest BCUT2D eigenvalue weighted by Gasteiger charge is -1.94. The van der Waals surface area contributed by atoms with E-state index < -0.39 is 5.91 Å². The maximum absolute atomic E-state index is 10.8. The third kappa shape index (κ3) is 3.53. The van der Waals surface area contributed by atoms with Crippen LogP contribution < -0.4 is 10.3 Å². The first-order valence-electron chi connectivity index (χ1n) is 3.88. The van der Waals surface area contributed by atoms with Crippen molar-refractivity contribution < 1.29 is 14.2 Å². The van der Waals surface area contributed by atoms with Gasteiger partial charge in [-0.1, -0.05) is 0 Å². The molecule has 0 aliphatic rings. The summed E-state index contributed by atoms with van der Waals surface area (Å²) in [6.07, 6.45) is 3.28. The topological polar surface area (TPSA) is 64.0 Å². The van der Waals surface area contributed by atoms with Gasteiger partial charge in [-0.3, -0.25) is 9.59 Å². The molecule has 0 aromatic carbocycles. The molecule has 14 heavy (non-hydrogen) atoms. The zero-order chi connectivity index (χ0) is 9.84. The van der Waals surface area contributed by atoms with Crippen LogP contribution in [0.3, 0.4) is 0 Å². The van der Waals surface area contributed by atoms with Gasteiger partial charge in [0.05, 0.1) is 0 Å². The molecule has 0 radical (unpaired) electrons. The van der Waals surface area contributed by atoms with Gasteiger partial charge in [0, 0.05) is 13.0 Å². The van der Waals surface area contributed by atoms with Crippen LogP contribution in [-0.2, 0) is 11.3 Å². The third-order valence-electron chi connectivity index (χ3n) is 1.55. The predicted molar refractivity (Wildman–Crippen MR) is 53.1 cm³/mol. The Kier molecular flexibility index (Phi) is 4.80. The summed E-state index contributed by atoms with van der Waals surface area (Å²) < 4.78 is 1.63. The summed E-state index contributed by atoms with van der Waals surface area (Å²) in [4.78, 5) is 21.5. The van der Waals surface area contributed by atoms with E-state index >= 15 is 0 Å². The Bertz CT molecular complexity index is 352. The van der Waals surface area contributed by atoms with E-state index in [9.17, 15) is 9.59 Å². The van der Waals surface area contributed by atoms with Crippen molar-refractivity contribution in [1.29, 1.82) is 0 Å². The van der Waals surface area contributed by atoms with Gasteiger partial charge in [0.25, 0.3) is 5.91 Å². The lowest BCUT2D eigenvalue weighted by atomic mass is 10.2. The van der Waals surface area contributed by atoms with Crippen LogP contribution in [0.25, 0.3) is 0 Å². The Balaban J connectivity index is 0.00000169. The van der Waals surface area contributed by atoms with Gasteiger partial charge in [-0.05, 0) is 6.07 Å². The SMILES string of the molecule is CC(=O)C[n+]1cccc(C(N)=O)c1.Cl. The van der Waals surface area contributed by atoms with Crippen LogP contribution in [0.5, 0.6) is 0 Å². The van der Waals surface area contributed by atoms with Crippen LogP contribution >= 0.6 is 12.4 Å². The van der Waals surface area contributed by atoms with E-state index in [-0.39, 0.29) is 24.7 Å². The number of nitrogens with two attached hydrogens (primary N) is 1. The summed E-state index contributed by atoms with van der Waals surface area (Å²) in [6.45, 7) is 1.76. The highest BCUT2D eigenvalue weighted by Crippen LogP contribution is 1.91. The van der Waals surface area contributed by atoms with Crippen LogP contribution in [0.4, 0.5) is 0 Å². The monoisotopic (exact) mass is 215 g/mol. The maximum Gasteiger partial charge on any atom is 0.254 e. The number of nitrogens with zero attached hydrogens (tertiary/aromatic N) is 1. The number of Topliss-reactive ketones (excluding diaryl/α,β-unsaturated/α-hetero) is 1. The normalized spacial score (nSPS) is 8.93. The second-order valence-corrected chi connectivity index (χ2v) is 2.83. The number of carbonyl (C=O) groups excluding carboxylic acids is 2. The van der Waals surface area contributed by atoms with E-state index in [2.05, 4.69) is 0 Å². The molecule has 0 bridgehead atoms. The summed E-state index contributed by atoms with van der Waals surface area (Å²) in [7, 11) is 0. The average Bonchev–Trinajstić information content (AvgIpc) is 2.03. The number of hydrogen-bond donors (Lipinski definition) is 1. The summed E-state index contributed by atoms with van der Waals surface area (Å²) in [5, 5.41) is 0.